The van der Waals surface area contributed by atoms with Crippen molar-refractivity contribution in [3.8, 4) is 0 Å². The molecular formula is C13H23N3O2. The van der Waals surface area contributed by atoms with E-state index in [-0.39, 0.29) is 5.60 Å². The van der Waals surface area contributed by atoms with E-state index < -0.39 is 0 Å². The average Bonchev–Trinajstić information content (AvgIpc) is 3.01. The molecule has 18 heavy (non-hydrogen) atoms. The predicted octanol–water partition coefficient (Wildman–Crippen LogP) is 1.19. The summed E-state index contributed by atoms with van der Waals surface area (Å²) in [5.41, 5.74) is -0.151. The first-order valence-electron chi connectivity index (χ1n) is 6.63. The molecular weight excluding hydrogens is 230 g/mol. The van der Waals surface area contributed by atoms with Gasteiger partial charge in [-0.05, 0) is 6.42 Å². The van der Waals surface area contributed by atoms with Gasteiger partial charge in [0, 0.05) is 45.6 Å². The van der Waals surface area contributed by atoms with Crippen molar-refractivity contribution in [2.45, 2.75) is 38.5 Å². The first kappa shape index (κ1) is 13.5. The minimum Gasteiger partial charge on any atom is -0.378 e. The fourth-order valence-corrected chi connectivity index (χ4v) is 2.31. The zero-order chi connectivity index (χ0) is 12.8. The van der Waals surface area contributed by atoms with Crippen LogP contribution in [-0.4, -0.2) is 42.0 Å². The number of rotatable bonds is 7. The highest BCUT2D eigenvalue weighted by atomic mass is 16.5. The van der Waals surface area contributed by atoms with Gasteiger partial charge in [-0.25, -0.2) is 4.98 Å². The Labute approximate surface area is 108 Å². The number of aromatic nitrogens is 2. The van der Waals surface area contributed by atoms with E-state index in [2.05, 4.69) is 21.8 Å². The molecule has 0 aromatic carbocycles. The molecule has 5 heteroatoms. The molecule has 1 aromatic rings. The molecule has 1 N–H and O–H groups in total. The van der Waals surface area contributed by atoms with Crippen molar-refractivity contribution in [2.75, 3.05) is 26.9 Å². The Morgan fingerprint density at radius 1 is 1.61 bits per heavy atom. The first-order valence-corrected chi connectivity index (χ1v) is 6.63. The van der Waals surface area contributed by atoms with E-state index in [1.165, 1.54) is 0 Å². The van der Waals surface area contributed by atoms with Gasteiger partial charge < -0.3 is 19.4 Å². The molecule has 2 heterocycles. The largest absolute Gasteiger partial charge is 0.378 e. The molecule has 0 radical (unpaired) electrons. The summed E-state index contributed by atoms with van der Waals surface area (Å²) in [7, 11) is 1.76. The van der Waals surface area contributed by atoms with Crippen molar-refractivity contribution in [3.63, 3.8) is 0 Å². The van der Waals surface area contributed by atoms with Crippen molar-refractivity contribution in [1.29, 1.82) is 0 Å². The maximum absolute atomic E-state index is 5.58. The number of imidazole rings is 1. The molecule has 5 nitrogen and oxygen atoms in total. The number of hydrogen-bond donors (Lipinski definition) is 1. The lowest BCUT2D eigenvalue weighted by Crippen LogP contribution is -2.43. The van der Waals surface area contributed by atoms with E-state index >= 15 is 0 Å². The lowest BCUT2D eigenvalue weighted by Gasteiger charge is -2.26. The Morgan fingerprint density at radius 3 is 3.17 bits per heavy atom. The normalized spacial score (nSPS) is 23.7. The summed E-state index contributed by atoms with van der Waals surface area (Å²) in [6.07, 6.45) is 5.97. The Morgan fingerprint density at radius 2 is 2.50 bits per heavy atom. The van der Waals surface area contributed by atoms with Gasteiger partial charge >= 0.3 is 0 Å². The molecule has 0 bridgehead atoms. The Kier molecular flexibility index (Phi) is 4.74. The fraction of sp³-hybridized carbons (Fsp3) is 0.769. The van der Waals surface area contributed by atoms with E-state index in [1.54, 1.807) is 7.11 Å². The van der Waals surface area contributed by atoms with Crippen LogP contribution in [0.4, 0.5) is 0 Å². The van der Waals surface area contributed by atoms with Gasteiger partial charge in [0.1, 0.15) is 11.4 Å². The Hall–Kier alpha value is -0.910. The van der Waals surface area contributed by atoms with E-state index in [0.29, 0.717) is 6.61 Å². The van der Waals surface area contributed by atoms with Crippen LogP contribution in [0.5, 0.6) is 0 Å². The molecule has 0 aliphatic carbocycles. The molecule has 1 aliphatic heterocycles. The molecule has 1 saturated heterocycles. The number of methoxy groups -OCH3 is 1. The monoisotopic (exact) mass is 253 g/mol. The van der Waals surface area contributed by atoms with E-state index in [1.807, 2.05) is 12.4 Å². The van der Waals surface area contributed by atoms with Crippen LogP contribution in [0.15, 0.2) is 12.4 Å². The van der Waals surface area contributed by atoms with Gasteiger partial charge in [-0.15, -0.1) is 0 Å². The summed E-state index contributed by atoms with van der Waals surface area (Å²) >= 11 is 0. The topological polar surface area (TPSA) is 48.3 Å². The zero-order valence-electron chi connectivity index (χ0n) is 11.3. The minimum atomic E-state index is -0.151. The van der Waals surface area contributed by atoms with Crippen molar-refractivity contribution in [1.82, 2.24) is 14.9 Å². The fourth-order valence-electron chi connectivity index (χ4n) is 2.31. The van der Waals surface area contributed by atoms with Crippen LogP contribution in [0.25, 0.3) is 0 Å². The van der Waals surface area contributed by atoms with Crippen LogP contribution in [-0.2, 0) is 22.6 Å². The standard InChI is InChI=1S/C13H23N3O2/c1-3-6-16-7-5-15-12(16)9-14-10-13(17-2)4-8-18-11-13/h5,7,14H,3-4,6,8-11H2,1-2H3. The smallest absolute Gasteiger partial charge is 0.122 e. The van der Waals surface area contributed by atoms with Crippen LogP contribution in [0, 0.1) is 0 Å². The molecule has 1 fully saturated rings. The predicted molar refractivity (Wildman–Crippen MR) is 69.4 cm³/mol. The minimum absolute atomic E-state index is 0.151. The summed E-state index contributed by atoms with van der Waals surface area (Å²) in [4.78, 5) is 4.38. The summed E-state index contributed by atoms with van der Waals surface area (Å²) in [6.45, 7) is 6.25. The van der Waals surface area contributed by atoms with Gasteiger partial charge in [-0.2, -0.15) is 0 Å². The molecule has 2 rings (SSSR count). The molecule has 1 atom stereocenters. The van der Waals surface area contributed by atoms with Crippen LogP contribution in [0.2, 0.25) is 0 Å². The molecule has 0 saturated carbocycles. The van der Waals surface area contributed by atoms with Gasteiger partial charge in [0.15, 0.2) is 0 Å². The number of nitrogens with zero attached hydrogens (tertiary/aromatic N) is 2. The number of aryl methyl sites for hydroxylation is 1. The highest BCUT2D eigenvalue weighted by Gasteiger charge is 2.34. The third-order valence-electron chi connectivity index (χ3n) is 3.50. The van der Waals surface area contributed by atoms with Gasteiger partial charge in [-0.1, -0.05) is 6.92 Å². The maximum Gasteiger partial charge on any atom is 0.122 e. The quantitative estimate of drug-likeness (QED) is 0.793. The maximum atomic E-state index is 5.58. The summed E-state index contributed by atoms with van der Waals surface area (Å²) in [6, 6.07) is 0. The number of nitrogens with one attached hydrogen (secondary N) is 1. The molecule has 0 amide bonds. The molecule has 1 unspecified atom stereocenters. The third-order valence-corrected chi connectivity index (χ3v) is 3.50. The van der Waals surface area contributed by atoms with Gasteiger partial charge in [0.2, 0.25) is 0 Å². The second-order valence-corrected chi connectivity index (χ2v) is 4.83. The lowest BCUT2D eigenvalue weighted by molar-refractivity contribution is -0.0160. The second-order valence-electron chi connectivity index (χ2n) is 4.83. The van der Waals surface area contributed by atoms with Crippen molar-refractivity contribution < 1.29 is 9.47 Å². The third kappa shape index (κ3) is 3.10. The summed E-state index contributed by atoms with van der Waals surface area (Å²) < 4.78 is 13.2. The van der Waals surface area contributed by atoms with Crippen molar-refractivity contribution in [2.24, 2.45) is 0 Å². The molecule has 1 aromatic heterocycles. The van der Waals surface area contributed by atoms with Crippen molar-refractivity contribution in [3.05, 3.63) is 18.2 Å². The average molecular weight is 253 g/mol. The van der Waals surface area contributed by atoms with Crippen molar-refractivity contribution >= 4 is 0 Å². The van der Waals surface area contributed by atoms with E-state index in [0.717, 1.165) is 44.9 Å². The summed E-state index contributed by atoms with van der Waals surface area (Å²) in [5.74, 6) is 1.09. The number of ether oxygens (including phenoxy) is 2. The van der Waals surface area contributed by atoms with Crippen LogP contribution < -0.4 is 5.32 Å². The van der Waals surface area contributed by atoms with Crippen LogP contribution in [0.1, 0.15) is 25.6 Å². The lowest BCUT2D eigenvalue weighted by atomic mass is 10.0. The number of hydrogen-bond acceptors (Lipinski definition) is 4. The first-order chi connectivity index (χ1) is 8.79. The summed E-state index contributed by atoms with van der Waals surface area (Å²) in [5, 5.41) is 3.43. The van der Waals surface area contributed by atoms with Crippen LogP contribution in [0.3, 0.4) is 0 Å². The van der Waals surface area contributed by atoms with Crippen LogP contribution >= 0.6 is 0 Å². The zero-order valence-corrected chi connectivity index (χ0v) is 11.3. The van der Waals surface area contributed by atoms with E-state index in [9.17, 15) is 0 Å². The van der Waals surface area contributed by atoms with Gasteiger partial charge in [-0.3, -0.25) is 0 Å². The molecule has 0 spiro atoms. The molecule has 1 aliphatic rings. The SMILES string of the molecule is CCCn1ccnc1CNCC1(OC)CCOC1. The highest BCUT2D eigenvalue weighted by Crippen LogP contribution is 2.21. The Balaban J connectivity index is 1.82. The van der Waals surface area contributed by atoms with Gasteiger partial charge in [0.05, 0.1) is 13.2 Å². The van der Waals surface area contributed by atoms with Gasteiger partial charge in [0.25, 0.3) is 0 Å². The second kappa shape index (κ2) is 6.31. The molecule has 102 valence electrons. The van der Waals surface area contributed by atoms with E-state index in [4.69, 9.17) is 9.47 Å². The Bertz CT molecular complexity index is 359. The highest BCUT2D eigenvalue weighted by molar-refractivity contribution is 4.93.